The van der Waals surface area contributed by atoms with E-state index < -0.39 is 0 Å². The van der Waals surface area contributed by atoms with Gasteiger partial charge in [0.05, 0.1) is 18.9 Å². The number of rotatable bonds is 1. The molecule has 2 aliphatic rings. The molecule has 0 saturated carbocycles. The van der Waals surface area contributed by atoms with Crippen LogP contribution in [0.3, 0.4) is 0 Å². The van der Waals surface area contributed by atoms with Crippen LogP contribution in [0.1, 0.15) is 32.9 Å². The van der Waals surface area contributed by atoms with Gasteiger partial charge in [0.2, 0.25) is 5.88 Å². The molecule has 2 fully saturated rings. The van der Waals surface area contributed by atoms with Crippen molar-refractivity contribution in [1.82, 2.24) is 19.9 Å². The number of ether oxygens (including phenoxy) is 1. The first-order valence-corrected chi connectivity index (χ1v) is 9.49. The minimum atomic E-state index is -0.229. The number of morpholine rings is 1. The van der Waals surface area contributed by atoms with Crippen molar-refractivity contribution >= 4 is 17.9 Å². The molecule has 0 aromatic carbocycles. The highest BCUT2D eigenvalue weighted by atomic mass is 16.5. The lowest BCUT2D eigenvalue weighted by atomic mass is 9.92. The van der Waals surface area contributed by atoms with E-state index in [0.29, 0.717) is 58.4 Å². The lowest BCUT2D eigenvalue weighted by Gasteiger charge is -2.32. The molecule has 0 bridgehead atoms. The first-order valence-electron chi connectivity index (χ1n) is 9.49. The topological polar surface area (TPSA) is 91.2 Å². The third-order valence-corrected chi connectivity index (χ3v) is 4.84. The maximum Gasteiger partial charge on any atom is 0.324 e. The van der Waals surface area contributed by atoms with Gasteiger partial charge < -0.3 is 24.0 Å². The Bertz CT molecular complexity index is 663. The normalized spacial score (nSPS) is 19.0. The number of aromatic nitrogens is 1. The van der Waals surface area contributed by atoms with E-state index in [0.717, 1.165) is 12.1 Å². The predicted molar refractivity (Wildman–Crippen MR) is 99.8 cm³/mol. The minimum absolute atomic E-state index is 0.0330. The number of carbonyl (C=O) groups is 2. The molecule has 9 heteroatoms. The molecule has 2 aliphatic heterocycles. The van der Waals surface area contributed by atoms with Gasteiger partial charge in [-0.25, -0.2) is 9.59 Å². The number of urea groups is 2. The molecule has 9 nitrogen and oxygen atoms in total. The van der Waals surface area contributed by atoms with Crippen LogP contribution in [-0.2, 0) is 10.2 Å². The molecule has 4 amide bonds. The fourth-order valence-electron chi connectivity index (χ4n) is 3.14. The number of hydrogen-bond acceptors (Lipinski definition) is 5. The van der Waals surface area contributed by atoms with Crippen LogP contribution < -0.4 is 5.32 Å². The van der Waals surface area contributed by atoms with Crippen molar-refractivity contribution in [1.29, 1.82) is 0 Å². The highest BCUT2D eigenvalue weighted by molar-refractivity contribution is 5.88. The van der Waals surface area contributed by atoms with Gasteiger partial charge in [-0.2, -0.15) is 0 Å². The van der Waals surface area contributed by atoms with Gasteiger partial charge in [0.1, 0.15) is 0 Å². The second-order valence-corrected chi connectivity index (χ2v) is 7.97. The Balaban J connectivity index is 1.53. The molecule has 0 spiro atoms. The van der Waals surface area contributed by atoms with Crippen LogP contribution in [-0.4, -0.2) is 84.4 Å². The van der Waals surface area contributed by atoms with E-state index in [1.54, 1.807) is 11.0 Å². The third kappa shape index (κ3) is 4.91. The molecular weight excluding hydrogens is 350 g/mol. The second-order valence-electron chi connectivity index (χ2n) is 7.97. The van der Waals surface area contributed by atoms with Crippen molar-refractivity contribution in [2.24, 2.45) is 0 Å². The fourth-order valence-corrected chi connectivity index (χ4v) is 3.14. The largest absolute Gasteiger partial charge is 0.378 e. The Kier molecular flexibility index (Phi) is 5.88. The Morgan fingerprint density at radius 1 is 1.00 bits per heavy atom. The van der Waals surface area contributed by atoms with E-state index in [9.17, 15) is 9.59 Å². The lowest BCUT2D eigenvalue weighted by molar-refractivity contribution is 0.0437. The molecule has 0 radical (unpaired) electrons. The summed E-state index contributed by atoms with van der Waals surface area (Å²) in [6, 6.07) is 1.56. The smallest absolute Gasteiger partial charge is 0.324 e. The van der Waals surface area contributed by atoms with Gasteiger partial charge in [-0.3, -0.25) is 5.32 Å². The molecule has 1 aromatic rings. The van der Waals surface area contributed by atoms with Crippen LogP contribution in [0.2, 0.25) is 0 Å². The fraction of sp³-hybridized carbons (Fsp3) is 0.722. The summed E-state index contributed by atoms with van der Waals surface area (Å²) >= 11 is 0. The molecule has 3 heterocycles. The quantitative estimate of drug-likeness (QED) is 0.805. The van der Waals surface area contributed by atoms with E-state index in [2.05, 4.69) is 10.5 Å². The molecule has 1 N–H and O–H groups in total. The second kappa shape index (κ2) is 8.16. The molecular formula is C18H29N5O4. The number of carbonyl (C=O) groups excluding carboxylic acids is 2. The number of nitrogens with zero attached hydrogens (tertiary/aromatic N) is 4. The van der Waals surface area contributed by atoms with Crippen LogP contribution in [0.15, 0.2) is 10.6 Å². The molecule has 27 heavy (non-hydrogen) atoms. The van der Waals surface area contributed by atoms with Crippen LogP contribution in [0, 0.1) is 0 Å². The first-order chi connectivity index (χ1) is 12.8. The SMILES string of the molecule is CC(C)(C)c1cc(NC(=O)N2CCCN(C(=O)N3CCOCC3)CC2)on1. The molecule has 3 rings (SSSR count). The summed E-state index contributed by atoms with van der Waals surface area (Å²) in [5.41, 5.74) is 0.645. The summed E-state index contributed by atoms with van der Waals surface area (Å²) in [5.74, 6) is 0.343. The molecule has 1 aromatic heterocycles. The van der Waals surface area contributed by atoms with Crippen molar-refractivity contribution in [3.63, 3.8) is 0 Å². The van der Waals surface area contributed by atoms with Gasteiger partial charge in [0.15, 0.2) is 0 Å². The van der Waals surface area contributed by atoms with E-state index in [4.69, 9.17) is 9.26 Å². The van der Waals surface area contributed by atoms with E-state index in [-0.39, 0.29) is 17.5 Å². The van der Waals surface area contributed by atoms with Crippen molar-refractivity contribution < 1.29 is 18.8 Å². The maximum absolute atomic E-state index is 12.6. The average Bonchev–Trinajstić information content (AvgIpc) is 2.98. The Morgan fingerprint density at radius 3 is 2.30 bits per heavy atom. The Morgan fingerprint density at radius 2 is 1.63 bits per heavy atom. The van der Waals surface area contributed by atoms with E-state index >= 15 is 0 Å². The summed E-state index contributed by atoms with van der Waals surface area (Å²) < 4.78 is 10.5. The van der Waals surface area contributed by atoms with Gasteiger partial charge in [0.25, 0.3) is 0 Å². The highest BCUT2D eigenvalue weighted by Crippen LogP contribution is 2.23. The minimum Gasteiger partial charge on any atom is -0.378 e. The standard InChI is InChI=1S/C18H29N5O4/c1-18(2,3)14-13-15(27-20-14)19-16(24)21-5-4-6-22(8-7-21)17(25)23-9-11-26-12-10-23/h13H,4-12H2,1-3H3,(H,19,24). The van der Waals surface area contributed by atoms with Gasteiger partial charge in [-0.15, -0.1) is 0 Å². The molecule has 0 unspecified atom stereocenters. The van der Waals surface area contributed by atoms with Crippen molar-refractivity contribution in [2.75, 3.05) is 57.8 Å². The average molecular weight is 379 g/mol. The van der Waals surface area contributed by atoms with E-state index in [1.807, 2.05) is 30.6 Å². The zero-order valence-electron chi connectivity index (χ0n) is 16.4. The molecule has 150 valence electrons. The number of anilines is 1. The van der Waals surface area contributed by atoms with E-state index in [1.165, 1.54) is 0 Å². The van der Waals surface area contributed by atoms with Crippen LogP contribution >= 0.6 is 0 Å². The summed E-state index contributed by atoms with van der Waals surface area (Å²) in [6.07, 6.45) is 0.743. The zero-order chi connectivity index (χ0) is 19.4. The van der Waals surface area contributed by atoms with Crippen LogP contribution in [0.25, 0.3) is 0 Å². The van der Waals surface area contributed by atoms with Crippen LogP contribution in [0.4, 0.5) is 15.5 Å². The number of nitrogens with one attached hydrogen (secondary N) is 1. The van der Waals surface area contributed by atoms with Gasteiger partial charge in [-0.1, -0.05) is 25.9 Å². The van der Waals surface area contributed by atoms with Crippen molar-refractivity contribution in [3.8, 4) is 0 Å². The summed E-state index contributed by atoms with van der Waals surface area (Å²) in [5, 5.41) is 6.78. The predicted octanol–water partition coefficient (Wildman–Crippen LogP) is 1.96. The summed E-state index contributed by atoms with van der Waals surface area (Å²) in [6.45, 7) is 10.8. The summed E-state index contributed by atoms with van der Waals surface area (Å²) in [4.78, 5) is 30.5. The van der Waals surface area contributed by atoms with Crippen molar-refractivity contribution in [2.45, 2.75) is 32.6 Å². The number of amides is 4. The Hall–Kier alpha value is -2.29. The monoisotopic (exact) mass is 379 g/mol. The summed E-state index contributed by atoms with van der Waals surface area (Å²) in [7, 11) is 0. The Labute approximate surface area is 159 Å². The first kappa shape index (κ1) is 19.5. The third-order valence-electron chi connectivity index (χ3n) is 4.84. The molecule has 0 atom stereocenters. The van der Waals surface area contributed by atoms with Gasteiger partial charge in [-0.05, 0) is 6.42 Å². The maximum atomic E-state index is 12.6. The lowest BCUT2D eigenvalue weighted by Crippen LogP contribution is -2.49. The molecule has 0 aliphatic carbocycles. The van der Waals surface area contributed by atoms with Gasteiger partial charge in [0, 0.05) is 50.7 Å². The van der Waals surface area contributed by atoms with Crippen molar-refractivity contribution in [3.05, 3.63) is 11.8 Å². The highest BCUT2D eigenvalue weighted by Gasteiger charge is 2.27. The zero-order valence-corrected chi connectivity index (χ0v) is 16.4. The number of hydrogen-bond donors (Lipinski definition) is 1. The van der Waals surface area contributed by atoms with Crippen LogP contribution in [0.5, 0.6) is 0 Å². The van der Waals surface area contributed by atoms with Gasteiger partial charge >= 0.3 is 12.1 Å². The molecule has 2 saturated heterocycles.